The number of halogens is 1. The third kappa shape index (κ3) is 3.72. The number of hydrogen-bond donors (Lipinski definition) is 1. The molecule has 0 aliphatic carbocycles. The summed E-state index contributed by atoms with van der Waals surface area (Å²) in [6.07, 6.45) is 0. The maximum atomic E-state index is 13.6. The Morgan fingerprint density at radius 3 is 2.59 bits per heavy atom. The summed E-state index contributed by atoms with van der Waals surface area (Å²) in [5.74, 6) is 1.48. The van der Waals surface area contributed by atoms with Crippen molar-refractivity contribution < 1.29 is 4.39 Å². The fourth-order valence-electron chi connectivity index (χ4n) is 2.33. The second kappa shape index (κ2) is 7.02. The molecule has 1 aromatic heterocycles. The fraction of sp³-hybridized carbons (Fsp3) is 0.267. The van der Waals surface area contributed by atoms with Crippen LogP contribution in [0.2, 0.25) is 0 Å². The van der Waals surface area contributed by atoms with Crippen LogP contribution in [0, 0.1) is 5.82 Å². The van der Waals surface area contributed by atoms with Crippen molar-refractivity contribution in [2.45, 2.75) is 4.90 Å². The highest BCUT2D eigenvalue weighted by molar-refractivity contribution is 8.00. The Labute approximate surface area is 135 Å². The van der Waals surface area contributed by atoms with E-state index in [2.05, 4.69) is 27.4 Å². The number of benzene rings is 1. The van der Waals surface area contributed by atoms with Crippen LogP contribution in [0.1, 0.15) is 0 Å². The number of rotatable bonds is 4. The van der Waals surface area contributed by atoms with Gasteiger partial charge in [-0.2, -0.15) is 0 Å². The molecule has 1 N–H and O–H groups in total. The summed E-state index contributed by atoms with van der Waals surface area (Å²) in [5, 5.41) is 0. The van der Waals surface area contributed by atoms with Gasteiger partial charge in [0.1, 0.15) is 17.5 Å². The molecule has 0 radical (unpaired) electrons. The van der Waals surface area contributed by atoms with E-state index in [-0.39, 0.29) is 5.82 Å². The Balaban J connectivity index is 1.65. The van der Waals surface area contributed by atoms with Crippen LogP contribution in [0.5, 0.6) is 0 Å². The van der Waals surface area contributed by atoms with Gasteiger partial charge in [-0.1, -0.05) is 18.2 Å². The summed E-state index contributed by atoms with van der Waals surface area (Å²) in [5.41, 5.74) is 0. The van der Waals surface area contributed by atoms with Gasteiger partial charge in [0.2, 0.25) is 0 Å². The summed E-state index contributed by atoms with van der Waals surface area (Å²) >= 11 is 1.24. The van der Waals surface area contributed by atoms with Gasteiger partial charge in [0, 0.05) is 26.2 Å². The van der Waals surface area contributed by atoms with Gasteiger partial charge >= 0.3 is 0 Å². The van der Waals surface area contributed by atoms with E-state index in [9.17, 15) is 4.39 Å². The first-order valence-electron chi connectivity index (χ1n) is 7.30. The lowest BCUT2D eigenvalue weighted by molar-refractivity contribution is 0.413. The van der Waals surface area contributed by atoms with Crippen LogP contribution in [0.15, 0.2) is 47.4 Å². The zero-order valence-corrected chi connectivity index (χ0v) is 13.3. The minimum atomic E-state index is -0.227. The Hall–Kier alpha value is -1.73. The van der Waals surface area contributed by atoms with Gasteiger partial charge in [-0.25, -0.2) is 9.37 Å². The van der Waals surface area contributed by atoms with Crippen LogP contribution in [-0.4, -0.2) is 44.0 Å². The summed E-state index contributed by atoms with van der Waals surface area (Å²) in [6, 6.07) is 12.6. The van der Waals surface area contributed by atoms with E-state index < -0.39 is 0 Å². The molecule has 0 amide bonds. The smallest absolute Gasteiger partial charge is 0.185 e. The summed E-state index contributed by atoms with van der Waals surface area (Å²) in [7, 11) is 2.13. The first kappa shape index (κ1) is 15.2. The number of aromatic nitrogens is 1. The first-order chi connectivity index (χ1) is 10.7. The highest BCUT2D eigenvalue weighted by Crippen LogP contribution is 2.24. The van der Waals surface area contributed by atoms with E-state index >= 15 is 0 Å². The molecule has 1 saturated heterocycles. The van der Waals surface area contributed by atoms with Crippen molar-refractivity contribution in [3.8, 4) is 0 Å². The maximum Gasteiger partial charge on any atom is 0.185 e. The third-order valence-corrected chi connectivity index (χ3v) is 4.53. The molecule has 1 aliphatic heterocycles. The van der Waals surface area contributed by atoms with E-state index in [1.807, 2.05) is 24.3 Å². The summed E-state index contributed by atoms with van der Waals surface area (Å²) < 4.78 is 16.7. The van der Waals surface area contributed by atoms with E-state index in [4.69, 9.17) is 0 Å². The van der Waals surface area contributed by atoms with E-state index in [0.29, 0.717) is 4.90 Å². The number of anilines is 2. The van der Waals surface area contributed by atoms with Gasteiger partial charge < -0.3 is 14.4 Å². The van der Waals surface area contributed by atoms with Crippen LogP contribution >= 0.6 is 11.9 Å². The largest absolute Gasteiger partial charge is 0.354 e. The monoisotopic (exact) mass is 316 g/mol. The minimum Gasteiger partial charge on any atom is -0.354 e. The number of nitrogens with one attached hydrogen (secondary N) is 1. The molecular formula is C15H18BFN4S. The van der Waals surface area contributed by atoms with Gasteiger partial charge in [-0.3, -0.25) is 0 Å². The van der Waals surface area contributed by atoms with Crippen molar-refractivity contribution in [3.63, 3.8) is 0 Å². The lowest BCUT2D eigenvalue weighted by Crippen LogP contribution is -2.45. The van der Waals surface area contributed by atoms with E-state index in [1.165, 1.54) is 18.0 Å². The van der Waals surface area contributed by atoms with Crippen molar-refractivity contribution in [1.29, 1.82) is 0 Å². The molecule has 0 spiro atoms. The van der Waals surface area contributed by atoms with Gasteiger partial charge in [0.15, 0.2) is 7.98 Å². The second-order valence-corrected chi connectivity index (χ2v) is 6.15. The van der Waals surface area contributed by atoms with Crippen molar-refractivity contribution in [1.82, 2.24) is 9.79 Å². The van der Waals surface area contributed by atoms with Crippen LogP contribution < -0.4 is 9.62 Å². The molecule has 1 fully saturated rings. The van der Waals surface area contributed by atoms with Crippen LogP contribution in [0.3, 0.4) is 0 Å². The first-order valence-corrected chi connectivity index (χ1v) is 8.12. The number of nitrogens with zero attached hydrogens (tertiary/aromatic N) is 3. The van der Waals surface area contributed by atoms with Crippen LogP contribution in [-0.2, 0) is 0 Å². The molecule has 1 aliphatic rings. The molecule has 3 rings (SSSR count). The fourth-order valence-corrected chi connectivity index (χ4v) is 2.97. The Morgan fingerprint density at radius 2 is 1.82 bits per heavy atom. The topological polar surface area (TPSA) is 31.4 Å². The molecular weight excluding hydrogens is 298 g/mol. The highest BCUT2D eigenvalue weighted by Gasteiger charge is 2.15. The molecule has 7 heteroatoms. The van der Waals surface area contributed by atoms with Gasteiger partial charge in [-0.15, -0.1) is 0 Å². The normalized spacial score (nSPS) is 15.8. The lowest BCUT2D eigenvalue weighted by Gasteiger charge is -2.33. The molecule has 114 valence electrons. The van der Waals surface area contributed by atoms with Crippen molar-refractivity contribution >= 4 is 31.6 Å². The standard InChI is InChI=1S/C15H18BFN4S/c16-21-10-8-20(9-11-21)15-7-3-6-14(18-15)19-22-13-5-2-1-4-12(13)17/h1-7H,8-11,16H2,(H,18,19). The maximum absolute atomic E-state index is 13.6. The lowest BCUT2D eigenvalue weighted by atomic mass is 10.2. The van der Waals surface area contributed by atoms with Crippen molar-refractivity contribution in [2.75, 3.05) is 35.8 Å². The Morgan fingerprint density at radius 1 is 1.05 bits per heavy atom. The zero-order valence-electron chi connectivity index (χ0n) is 12.5. The molecule has 22 heavy (non-hydrogen) atoms. The summed E-state index contributed by atoms with van der Waals surface area (Å²) in [4.78, 5) is 9.77. The number of hydrogen-bond acceptors (Lipinski definition) is 5. The molecule has 2 heterocycles. The van der Waals surface area contributed by atoms with Gasteiger partial charge in [-0.05, 0) is 36.2 Å². The van der Waals surface area contributed by atoms with Gasteiger partial charge in [0.25, 0.3) is 0 Å². The Kier molecular flexibility index (Phi) is 4.85. The predicted molar refractivity (Wildman–Crippen MR) is 92.4 cm³/mol. The highest BCUT2D eigenvalue weighted by atomic mass is 32.2. The van der Waals surface area contributed by atoms with Crippen molar-refractivity contribution in [3.05, 3.63) is 48.3 Å². The average molecular weight is 316 g/mol. The minimum absolute atomic E-state index is 0.227. The SMILES string of the molecule is BN1CCN(c2cccc(NSc3ccccc3F)n2)CC1. The Bertz CT molecular complexity index is 634. The predicted octanol–water partition coefficient (Wildman–Crippen LogP) is 2.01. The van der Waals surface area contributed by atoms with E-state index in [1.54, 1.807) is 12.1 Å². The van der Waals surface area contributed by atoms with Crippen molar-refractivity contribution in [2.24, 2.45) is 0 Å². The molecule has 2 aromatic rings. The third-order valence-electron chi connectivity index (χ3n) is 3.66. The molecule has 1 aromatic carbocycles. The molecule has 0 bridgehead atoms. The zero-order chi connectivity index (χ0) is 15.4. The average Bonchev–Trinajstić information content (AvgIpc) is 2.55. The number of piperazine rings is 1. The summed E-state index contributed by atoms with van der Waals surface area (Å²) in [6.45, 7) is 4.05. The molecule has 0 unspecified atom stereocenters. The van der Waals surface area contributed by atoms with Crippen LogP contribution in [0.4, 0.5) is 16.0 Å². The molecule has 0 atom stereocenters. The quantitative estimate of drug-likeness (QED) is 0.689. The van der Waals surface area contributed by atoms with E-state index in [0.717, 1.165) is 37.8 Å². The molecule has 4 nitrogen and oxygen atoms in total. The second-order valence-electron chi connectivity index (χ2n) is 5.31. The van der Waals surface area contributed by atoms with Gasteiger partial charge in [0.05, 0.1) is 4.90 Å². The molecule has 0 saturated carbocycles. The number of pyridine rings is 1. The van der Waals surface area contributed by atoms with Crippen LogP contribution in [0.25, 0.3) is 0 Å².